The molecule has 33 heavy (non-hydrogen) atoms. The van der Waals surface area contributed by atoms with E-state index in [2.05, 4.69) is 51.5 Å². The molecule has 5 rings (SSSR count). The predicted molar refractivity (Wildman–Crippen MR) is 127 cm³/mol. The highest BCUT2D eigenvalue weighted by Gasteiger charge is 2.29. The van der Waals surface area contributed by atoms with Crippen molar-refractivity contribution >= 4 is 6.41 Å². The van der Waals surface area contributed by atoms with E-state index in [0.717, 1.165) is 41.8 Å². The topological polar surface area (TPSA) is 52.2 Å². The SMILES string of the molecule is O=CN1CCN(C(c2ccc(-c3ccccc3)cc2)c2cn[nH]c2-c2ccccc2F)CC1. The van der Waals surface area contributed by atoms with Gasteiger partial charge in [-0.2, -0.15) is 5.10 Å². The number of amides is 1. The van der Waals surface area contributed by atoms with Crippen molar-refractivity contribution in [2.75, 3.05) is 26.2 Å². The Labute approximate surface area is 192 Å². The Morgan fingerprint density at radius 3 is 2.21 bits per heavy atom. The fourth-order valence-electron chi connectivity index (χ4n) is 4.56. The largest absolute Gasteiger partial charge is 0.343 e. The molecule has 166 valence electrons. The van der Waals surface area contributed by atoms with Gasteiger partial charge in [-0.15, -0.1) is 0 Å². The fraction of sp³-hybridized carbons (Fsp3) is 0.185. The molecule has 1 aromatic heterocycles. The summed E-state index contributed by atoms with van der Waals surface area (Å²) in [5.41, 5.74) is 5.52. The number of nitrogens with one attached hydrogen (secondary N) is 1. The fourth-order valence-corrected chi connectivity index (χ4v) is 4.56. The second kappa shape index (κ2) is 9.38. The van der Waals surface area contributed by atoms with Crippen LogP contribution in [-0.4, -0.2) is 52.6 Å². The van der Waals surface area contributed by atoms with Gasteiger partial charge >= 0.3 is 0 Å². The van der Waals surface area contributed by atoms with E-state index >= 15 is 0 Å². The van der Waals surface area contributed by atoms with Crippen LogP contribution in [0, 0.1) is 5.82 Å². The third-order valence-corrected chi connectivity index (χ3v) is 6.30. The highest BCUT2D eigenvalue weighted by atomic mass is 19.1. The third-order valence-electron chi connectivity index (χ3n) is 6.30. The number of hydrogen-bond donors (Lipinski definition) is 1. The molecule has 4 aromatic rings. The summed E-state index contributed by atoms with van der Waals surface area (Å²) >= 11 is 0. The van der Waals surface area contributed by atoms with E-state index in [1.807, 2.05) is 24.3 Å². The summed E-state index contributed by atoms with van der Waals surface area (Å²) in [6.45, 7) is 2.78. The maximum atomic E-state index is 14.7. The monoisotopic (exact) mass is 440 g/mol. The van der Waals surface area contributed by atoms with E-state index in [1.54, 1.807) is 23.2 Å². The molecular weight excluding hydrogens is 415 g/mol. The molecule has 3 aromatic carbocycles. The van der Waals surface area contributed by atoms with E-state index in [0.29, 0.717) is 24.3 Å². The summed E-state index contributed by atoms with van der Waals surface area (Å²) in [4.78, 5) is 15.4. The van der Waals surface area contributed by atoms with Crippen LogP contribution in [0.4, 0.5) is 4.39 Å². The normalized spacial score (nSPS) is 15.4. The van der Waals surface area contributed by atoms with E-state index in [1.165, 1.54) is 6.07 Å². The quantitative estimate of drug-likeness (QED) is 0.441. The molecule has 2 heterocycles. The summed E-state index contributed by atoms with van der Waals surface area (Å²) in [6, 6.07) is 25.4. The second-order valence-corrected chi connectivity index (χ2v) is 8.25. The van der Waals surface area contributed by atoms with Gasteiger partial charge in [-0.3, -0.25) is 14.8 Å². The Morgan fingerprint density at radius 2 is 1.52 bits per heavy atom. The summed E-state index contributed by atoms with van der Waals surface area (Å²) in [5, 5.41) is 7.32. The Bertz CT molecular complexity index is 1210. The average Bonchev–Trinajstić information content (AvgIpc) is 3.35. The number of rotatable bonds is 6. The Hall–Kier alpha value is -3.77. The molecule has 1 unspecified atom stereocenters. The van der Waals surface area contributed by atoms with Crippen molar-refractivity contribution in [2.45, 2.75) is 6.04 Å². The number of aromatic nitrogens is 2. The first kappa shape index (κ1) is 21.1. The van der Waals surface area contributed by atoms with Gasteiger partial charge in [0.05, 0.1) is 17.9 Å². The average molecular weight is 441 g/mol. The number of aromatic amines is 1. The molecule has 1 fully saturated rings. The molecule has 5 nitrogen and oxygen atoms in total. The van der Waals surface area contributed by atoms with Crippen molar-refractivity contribution in [3.63, 3.8) is 0 Å². The lowest BCUT2D eigenvalue weighted by Gasteiger charge is -2.38. The maximum absolute atomic E-state index is 14.7. The minimum absolute atomic E-state index is 0.114. The molecule has 1 saturated heterocycles. The summed E-state index contributed by atoms with van der Waals surface area (Å²) in [7, 11) is 0. The van der Waals surface area contributed by atoms with Gasteiger partial charge in [0.2, 0.25) is 6.41 Å². The first-order chi connectivity index (χ1) is 16.2. The van der Waals surface area contributed by atoms with E-state index in [-0.39, 0.29) is 11.9 Å². The van der Waals surface area contributed by atoms with Crippen molar-refractivity contribution in [2.24, 2.45) is 0 Å². The van der Waals surface area contributed by atoms with Crippen LogP contribution in [0.3, 0.4) is 0 Å². The van der Waals surface area contributed by atoms with Gasteiger partial charge in [-0.05, 0) is 28.8 Å². The van der Waals surface area contributed by atoms with Crippen LogP contribution in [0.25, 0.3) is 22.4 Å². The van der Waals surface area contributed by atoms with Gasteiger partial charge in [-0.25, -0.2) is 4.39 Å². The number of halogens is 1. The minimum atomic E-state index is -0.285. The zero-order valence-corrected chi connectivity index (χ0v) is 18.2. The first-order valence-electron chi connectivity index (χ1n) is 11.1. The van der Waals surface area contributed by atoms with Crippen molar-refractivity contribution in [1.82, 2.24) is 20.0 Å². The van der Waals surface area contributed by atoms with Crippen molar-refractivity contribution in [3.05, 3.63) is 102 Å². The number of H-pyrrole nitrogens is 1. The van der Waals surface area contributed by atoms with E-state index < -0.39 is 0 Å². The minimum Gasteiger partial charge on any atom is -0.343 e. The number of carbonyl (C=O) groups excluding carboxylic acids is 1. The standard InChI is InChI=1S/C27H25FN4O/c28-25-9-5-4-8-23(25)26-24(18-29-30-26)27(32-16-14-31(19-33)15-17-32)22-12-10-21(11-13-22)20-6-2-1-3-7-20/h1-13,18-19,27H,14-17H2,(H,29,30). The molecule has 1 aliphatic rings. The third kappa shape index (κ3) is 4.30. The van der Waals surface area contributed by atoms with Crippen molar-refractivity contribution in [1.29, 1.82) is 0 Å². The molecule has 0 radical (unpaired) electrons. The van der Waals surface area contributed by atoms with Gasteiger partial charge in [-0.1, -0.05) is 66.7 Å². The summed E-state index contributed by atoms with van der Waals surface area (Å²) < 4.78 is 14.7. The molecule has 1 amide bonds. The molecule has 0 saturated carbocycles. The lowest BCUT2D eigenvalue weighted by atomic mass is 9.93. The zero-order chi connectivity index (χ0) is 22.6. The molecule has 1 atom stereocenters. The summed E-state index contributed by atoms with van der Waals surface area (Å²) in [5.74, 6) is -0.285. The Balaban J connectivity index is 1.55. The molecule has 0 bridgehead atoms. The number of hydrogen-bond acceptors (Lipinski definition) is 3. The highest BCUT2D eigenvalue weighted by Crippen LogP contribution is 2.36. The summed E-state index contributed by atoms with van der Waals surface area (Å²) in [6.07, 6.45) is 2.70. The molecule has 6 heteroatoms. The molecular formula is C27H25FN4O. The first-order valence-corrected chi connectivity index (χ1v) is 11.1. The van der Waals surface area contributed by atoms with Crippen LogP contribution < -0.4 is 0 Å². The van der Waals surface area contributed by atoms with Crippen LogP contribution in [0.15, 0.2) is 85.1 Å². The smallest absolute Gasteiger partial charge is 0.209 e. The van der Waals surface area contributed by atoms with Crippen LogP contribution in [0.1, 0.15) is 17.2 Å². The van der Waals surface area contributed by atoms with Crippen molar-refractivity contribution < 1.29 is 9.18 Å². The van der Waals surface area contributed by atoms with Crippen molar-refractivity contribution in [3.8, 4) is 22.4 Å². The lowest BCUT2D eigenvalue weighted by molar-refractivity contribution is -0.119. The number of piperazine rings is 1. The Morgan fingerprint density at radius 1 is 0.848 bits per heavy atom. The molecule has 0 aliphatic carbocycles. The van der Waals surface area contributed by atoms with Crippen LogP contribution in [0.5, 0.6) is 0 Å². The van der Waals surface area contributed by atoms with Crippen LogP contribution >= 0.6 is 0 Å². The van der Waals surface area contributed by atoms with Gasteiger partial charge in [0.1, 0.15) is 5.82 Å². The Kier molecular flexibility index (Phi) is 6.00. The maximum Gasteiger partial charge on any atom is 0.209 e. The van der Waals surface area contributed by atoms with Gasteiger partial charge in [0.25, 0.3) is 0 Å². The van der Waals surface area contributed by atoms with E-state index in [9.17, 15) is 9.18 Å². The second-order valence-electron chi connectivity index (χ2n) is 8.25. The van der Waals surface area contributed by atoms with E-state index in [4.69, 9.17) is 0 Å². The molecule has 1 aliphatic heterocycles. The molecule has 0 spiro atoms. The van der Waals surface area contributed by atoms with Crippen LogP contribution in [-0.2, 0) is 4.79 Å². The number of carbonyl (C=O) groups is 1. The van der Waals surface area contributed by atoms with Gasteiger partial charge in [0.15, 0.2) is 0 Å². The number of nitrogens with zero attached hydrogens (tertiary/aromatic N) is 3. The zero-order valence-electron chi connectivity index (χ0n) is 18.2. The van der Waals surface area contributed by atoms with Crippen LogP contribution in [0.2, 0.25) is 0 Å². The van der Waals surface area contributed by atoms with Gasteiger partial charge < -0.3 is 4.90 Å². The molecule has 1 N–H and O–H groups in total. The predicted octanol–water partition coefficient (Wildman–Crippen LogP) is 4.75. The highest BCUT2D eigenvalue weighted by molar-refractivity contribution is 5.66. The number of benzene rings is 3. The van der Waals surface area contributed by atoms with Gasteiger partial charge in [0, 0.05) is 37.3 Å². The lowest BCUT2D eigenvalue weighted by Crippen LogP contribution is -2.47.